The van der Waals surface area contributed by atoms with Gasteiger partial charge in [0, 0.05) is 38.1 Å². The molecule has 0 radical (unpaired) electrons. The zero-order chi connectivity index (χ0) is 26.6. The van der Waals surface area contributed by atoms with Crippen LogP contribution < -0.4 is 0 Å². The lowest BCUT2D eigenvalue weighted by atomic mass is 9.66. The van der Waals surface area contributed by atoms with Crippen LogP contribution in [0.15, 0.2) is 30.9 Å². The van der Waals surface area contributed by atoms with Gasteiger partial charge in [-0.2, -0.15) is 13.2 Å². The van der Waals surface area contributed by atoms with Gasteiger partial charge in [-0.05, 0) is 31.1 Å². The minimum absolute atomic E-state index is 0.0724. The van der Waals surface area contributed by atoms with E-state index in [2.05, 4.69) is 6.58 Å². The lowest BCUT2D eigenvalue weighted by Crippen LogP contribution is -2.73. The molecule has 3 saturated heterocycles. The third-order valence-electron chi connectivity index (χ3n) is 7.62. The Kier molecular flexibility index (Phi) is 6.87. The summed E-state index contributed by atoms with van der Waals surface area (Å²) in [7, 11) is 0. The summed E-state index contributed by atoms with van der Waals surface area (Å²) in [5.41, 5.74) is -1.31. The maximum atomic E-state index is 15.4. The van der Waals surface area contributed by atoms with Crippen molar-refractivity contribution in [3.8, 4) is 0 Å². The Labute approximate surface area is 209 Å². The molecule has 0 bridgehead atoms. The van der Waals surface area contributed by atoms with E-state index in [1.807, 2.05) is 0 Å². The Morgan fingerprint density at radius 1 is 1.19 bits per heavy atom. The van der Waals surface area contributed by atoms with Crippen molar-refractivity contribution >= 4 is 23.4 Å². The fraction of sp³-hybridized carbons (Fsp3) is 0.583. The number of likely N-dealkylation sites (tertiary alicyclic amines) is 3. The number of piperidine rings is 1. The van der Waals surface area contributed by atoms with Crippen LogP contribution >= 0.6 is 11.6 Å². The zero-order valence-corrected chi connectivity index (χ0v) is 20.3. The van der Waals surface area contributed by atoms with Gasteiger partial charge in [-0.15, -0.1) is 0 Å². The number of alkyl halides is 5. The molecule has 3 aliphatic rings. The quantitative estimate of drug-likeness (QED) is 0.424. The van der Waals surface area contributed by atoms with E-state index in [0.717, 1.165) is 21.9 Å². The summed E-state index contributed by atoms with van der Waals surface area (Å²) in [6.07, 6.45) is -3.56. The molecular weight excluding hydrogens is 512 g/mol. The maximum Gasteiger partial charge on any atom is 0.401 e. The molecule has 1 spiro atoms. The molecule has 0 unspecified atom stereocenters. The first-order valence-electron chi connectivity index (χ1n) is 11.5. The third-order valence-corrected chi connectivity index (χ3v) is 8.01. The Bertz CT molecular complexity index is 1060. The monoisotopic (exact) mass is 537 g/mol. The Hall–Kier alpha value is -2.27. The standard InChI is InChI=1S/C24H26ClF6N3O2/c1-3-19(35)33-10-22(11-33)7-14(2)34(12-23(22,27)28)21(36)17-9-32(13-24(29,30)31)8-16(17)15-5-4-6-18(26)20(15)25/h3-6,14,16-17H,1,7-13H2,2H3/t14-,16-,17-/m0/s1. The van der Waals surface area contributed by atoms with Gasteiger partial charge in [0.2, 0.25) is 11.8 Å². The summed E-state index contributed by atoms with van der Waals surface area (Å²) in [6.45, 7) is 1.89. The molecule has 12 heteroatoms. The molecule has 4 rings (SSSR count). The fourth-order valence-corrected chi connectivity index (χ4v) is 6.11. The van der Waals surface area contributed by atoms with Crippen molar-refractivity contribution in [1.29, 1.82) is 0 Å². The number of rotatable bonds is 4. The average molecular weight is 538 g/mol. The summed E-state index contributed by atoms with van der Waals surface area (Å²) >= 11 is 6.10. The largest absolute Gasteiger partial charge is 0.401 e. The van der Waals surface area contributed by atoms with Crippen molar-refractivity contribution in [2.75, 3.05) is 39.3 Å². The summed E-state index contributed by atoms with van der Waals surface area (Å²) in [5, 5.41) is -0.299. The molecule has 0 aliphatic carbocycles. The number of carbonyl (C=O) groups excluding carboxylic acids is 2. The van der Waals surface area contributed by atoms with Crippen molar-refractivity contribution in [3.05, 3.63) is 47.3 Å². The molecule has 3 aliphatic heterocycles. The minimum Gasteiger partial charge on any atom is -0.337 e. The molecule has 5 nitrogen and oxygen atoms in total. The maximum absolute atomic E-state index is 15.4. The number of benzene rings is 1. The summed E-state index contributed by atoms with van der Waals surface area (Å²) in [5.74, 6) is -7.27. The number of halogens is 7. The summed E-state index contributed by atoms with van der Waals surface area (Å²) in [6, 6.07) is 3.24. The van der Waals surface area contributed by atoms with Crippen LogP contribution in [0.5, 0.6) is 0 Å². The van der Waals surface area contributed by atoms with Gasteiger partial charge in [0.05, 0.1) is 29.4 Å². The fourth-order valence-electron chi connectivity index (χ4n) is 5.84. The molecule has 36 heavy (non-hydrogen) atoms. The van der Waals surface area contributed by atoms with Gasteiger partial charge in [-0.3, -0.25) is 14.5 Å². The van der Waals surface area contributed by atoms with Crippen molar-refractivity contribution < 1.29 is 35.9 Å². The molecule has 3 fully saturated rings. The van der Waals surface area contributed by atoms with Crippen LogP contribution in [-0.2, 0) is 9.59 Å². The van der Waals surface area contributed by atoms with Crippen molar-refractivity contribution in [2.24, 2.45) is 11.3 Å². The number of hydrogen-bond acceptors (Lipinski definition) is 3. The predicted molar refractivity (Wildman–Crippen MR) is 120 cm³/mol. The van der Waals surface area contributed by atoms with Crippen molar-refractivity contribution in [3.63, 3.8) is 0 Å². The van der Waals surface area contributed by atoms with Crippen LogP contribution in [0.1, 0.15) is 24.8 Å². The van der Waals surface area contributed by atoms with E-state index in [9.17, 15) is 27.2 Å². The van der Waals surface area contributed by atoms with E-state index in [0.29, 0.717) is 0 Å². The smallest absolute Gasteiger partial charge is 0.337 e. The lowest BCUT2D eigenvalue weighted by molar-refractivity contribution is -0.232. The van der Waals surface area contributed by atoms with Gasteiger partial charge in [-0.1, -0.05) is 30.3 Å². The number of amides is 2. The topological polar surface area (TPSA) is 43.9 Å². The van der Waals surface area contributed by atoms with Crippen molar-refractivity contribution in [2.45, 2.75) is 37.4 Å². The zero-order valence-electron chi connectivity index (χ0n) is 19.5. The molecule has 0 N–H and O–H groups in total. The van der Waals surface area contributed by atoms with Crippen LogP contribution in [0, 0.1) is 17.2 Å². The third kappa shape index (κ3) is 4.71. The Morgan fingerprint density at radius 2 is 1.86 bits per heavy atom. The van der Waals surface area contributed by atoms with Crippen LogP contribution in [0.3, 0.4) is 0 Å². The molecular formula is C24H26ClF6N3O2. The molecule has 3 atom stereocenters. The first-order valence-corrected chi connectivity index (χ1v) is 11.9. The van der Waals surface area contributed by atoms with E-state index >= 15 is 8.78 Å². The number of hydrogen-bond donors (Lipinski definition) is 0. The molecule has 198 valence electrons. The number of carbonyl (C=O) groups is 2. The van der Waals surface area contributed by atoms with Gasteiger partial charge < -0.3 is 9.80 Å². The molecule has 1 aromatic rings. The Morgan fingerprint density at radius 3 is 2.47 bits per heavy atom. The molecule has 3 heterocycles. The van der Waals surface area contributed by atoms with Crippen LogP contribution in [-0.4, -0.2) is 83.9 Å². The summed E-state index contributed by atoms with van der Waals surface area (Å²) < 4.78 is 84.2. The predicted octanol–water partition coefficient (Wildman–Crippen LogP) is 4.33. The SMILES string of the molecule is C=CC(=O)N1CC2(C[C@H](C)N(C(=O)[C@H]3CN(CC(F)(F)F)C[C@H]3c3cccc(F)c3Cl)CC2(F)F)C1. The second-order valence-corrected chi connectivity index (χ2v) is 10.4. The van der Waals surface area contributed by atoms with E-state index < -0.39 is 66.1 Å². The van der Waals surface area contributed by atoms with E-state index in [1.54, 1.807) is 6.92 Å². The van der Waals surface area contributed by atoms with Crippen LogP contribution in [0.25, 0.3) is 0 Å². The molecule has 0 aromatic heterocycles. The Balaban J connectivity index is 1.58. The highest BCUT2D eigenvalue weighted by Crippen LogP contribution is 2.52. The number of nitrogens with zero attached hydrogens (tertiary/aromatic N) is 3. The summed E-state index contributed by atoms with van der Waals surface area (Å²) in [4.78, 5) is 28.7. The minimum atomic E-state index is -4.54. The van der Waals surface area contributed by atoms with E-state index in [-0.39, 0.29) is 43.2 Å². The normalized spacial score (nSPS) is 27.7. The van der Waals surface area contributed by atoms with Gasteiger partial charge >= 0.3 is 6.18 Å². The van der Waals surface area contributed by atoms with E-state index in [4.69, 9.17) is 11.6 Å². The van der Waals surface area contributed by atoms with Crippen LogP contribution in [0.4, 0.5) is 26.3 Å². The van der Waals surface area contributed by atoms with Gasteiger partial charge in [-0.25, -0.2) is 13.2 Å². The van der Waals surface area contributed by atoms with E-state index in [1.165, 1.54) is 17.0 Å². The highest BCUT2D eigenvalue weighted by Gasteiger charge is 2.65. The van der Waals surface area contributed by atoms with Crippen LogP contribution in [0.2, 0.25) is 5.02 Å². The molecule has 2 amide bonds. The van der Waals surface area contributed by atoms with Gasteiger partial charge in [0.1, 0.15) is 5.82 Å². The highest BCUT2D eigenvalue weighted by molar-refractivity contribution is 6.31. The van der Waals surface area contributed by atoms with Crippen molar-refractivity contribution in [1.82, 2.24) is 14.7 Å². The molecule has 1 aromatic carbocycles. The highest BCUT2D eigenvalue weighted by atomic mass is 35.5. The molecule has 0 saturated carbocycles. The van der Waals surface area contributed by atoms with Gasteiger partial charge in [0.25, 0.3) is 5.92 Å². The first kappa shape index (κ1) is 26.8. The lowest BCUT2D eigenvalue weighted by Gasteiger charge is -2.59. The average Bonchev–Trinajstić information content (AvgIpc) is 3.15. The second kappa shape index (κ2) is 9.24. The first-order chi connectivity index (χ1) is 16.7. The second-order valence-electron chi connectivity index (χ2n) is 10.1. The van der Waals surface area contributed by atoms with Gasteiger partial charge in [0.15, 0.2) is 0 Å².